The number of fused-ring (bicyclic) bond motifs is 3. The number of ether oxygens (including phenoxy) is 4. The van der Waals surface area contributed by atoms with Crippen LogP contribution in [0.3, 0.4) is 0 Å². The third kappa shape index (κ3) is 2.33. The van der Waals surface area contributed by atoms with Crippen molar-refractivity contribution in [2.45, 2.75) is 12.3 Å². The van der Waals surface area contributed by atoms with Crippen molar-refractivity contribution >= 4 is 22.5 Å². The molecular weight excluding hydrogens is 344 g/mol. The lowest BCUT2D eigenvalue weighted by molar-refractivity contribution is 0.173. The van der Waals surface area contributed by atoms with Gasteiger partial charge in [0, 0.05) is 17.0 Å². The molecule has 0 amide bonds. The summed E-state index contributed by atoms with van der Waals surface area (Å²) in [5.41, 5.74) is 2.42. The topological polar surface area (TPSA) is 62.7 Å². The molecule has 3 aromatic rings. The van der Waals surface area contributed by atoms with Gasteiger partial charge in [0.2, 0.25) is 13.6 Å². The molecule has 3 heterocycles. The first-order valence-corrected chi connectivity index (χ1v) is 8.28. The first-order valence-electron chi connectivity index (χ1n) is 7.84. The zero-order chi connectivity index (χ0) is 17.0. The van der Waals surface area contributed by atoms with Crippen LogP contribution in [0.15, 0.2) is 30.3 Å². The Kier molecular flexibility index (Phi) is 3.15. The SMILES string of the molecule is CC(Cl)c1nc(-c2ccc3c(c2)OCO3)c2cc3c(cc2n1)OCO3. The van der Waals surface area contributed by atoms with Crippen LogP contribution in [0.5, 0.6) is 23.0 Å². The fourth-order valence-corrected chi connectivity index (χ4v) is 3.08. The van der Waals surface area contributed by atoms with E-state index in [0.29, 0.717) is 23.1 Å². The van der Waals surface area contributed by atoms with Crippen LogP contribution in [0.25, 0.3) is 22.2 Å². The Morgan fingerprint density at radius 1 is 0.880 bits per heavy atom. The molecule has 2 aromatic carbocycles. The van der Waals surface area contributed by atoms with Gasteiger partial charge in [0.15, 0.2) is 23.0 Å². The van der Waals surface area contributed by atoms with Gasteiger partial charge in [-0.25, -0.2) is 9.97 Å². The smallest absolute Gasteiger partial charge is 0.231 e. The number of aromatic nitrogens is 2. The maximum atomic E-state index is 6.25. The van der Waals surface area contributed by atoms with Crippen LogP contribution in [0, 0.1) is 0 Å². The van der Waals surface area contributed by atoms with Gasteiger partial charge in [-0.1, -0.05) is 0 Å². The number of hydrogen-bond donors (Lipinski definition) is 0. The molecule has 2 aliphatic heterocycles. The van der Waals surface area contributed by atoms with Gasteiger partial charge in [0.25, 0.3) is 0 Å². The molecule has 0 N–H and O–H groups in total. The predicted molar refractivity (Wildman–Crippen MR) is 91.5 cm³/mol. The Labute approximate surface area is 148 Å². The monoisotopic (exact) mass is 356 g/mol. The Balaban J connectivity index is 1.78. The Morgan fingerprint density at radius 3 is 2.32 bits per heavy atom. The molecule has 25 heavy (non-hydrogen) atoms. The molecule has 0 bridgehead atoms. The van der Waals surface area contributed by atoms with Crippen LogP contribution in [0.1, 0.15) is 18.1 Å². The van der Waals surface area contributed by atoms with Crippen LogP contribution in [-0.2, 0) is 0 Å². The van der Waals surface area contributed by atoms with E-state index in [0.717, 1.165) is 27.9 Å². The fraction of sp³-hybridized carbons (Fsp3) is 0.222. The van der Waals surface area contributed by atoms with Gasteiger partial charge in [-0.2, -0.15) is 0 Å². The molecule has 1 atom stereocenters. The van der Waals surface area contributed by atoms with Crippen LogP contribution < -0.4 is 18.9 Å². The molecule has 2 aliphatic rings. The zero-order valence-electron chi connectivity index (χ0n) is 13.3. The molecular formula is C18H13ClN2O4. The molecule has 0 saturated carbocycles. The minimum Gasteiger partial charge on any atom is -0.454 e. The highest BCUT2D eigenvalue weighted by Crippen LogP contribution is 2.41. The molecule has 0 aliphatic carbocycles. The van der Waals surface area contributed by atoms with Crippen molar-refractivity contribution in [1.29, 1.82) is 0 Å². The van der Waals surface area contributed by atoms with E-state index in [-0.39, 0.29) is 19.0 Å². The lowest BCUT2D eigenvalue weighted by atomic mass is 10.0. The van der Waals surface area contributed by atoms with E-state index in [2.05, 4.69) is 9.97 Å². The van der Waals surface area contributed by atoms with Crippen LogP contribution in [0.2, 0.25) is 0 Å². The normalized spacial score (nSPS) is 15.6. The lowest BCUT2D eigenvalue weighted by Crippen LogP contribution is -1.99. The minimum atomic E-state index is -0.317. The van der Waals surface area contributed by atoms with Crippen molar-refractivity contribution in [1.82, 2.24) is 9.97 Å². The molecule has 7 heteroatoms. The van der Waals surface area contributed by atoms with Gasteiger partial charge in [-0.05, 0) is 31.2 Å². The number of nitrogens with zero attached hydrogens (tertiary/aromatic N) is 2. The van der Waals surface area contributed by atoms with E-state index in [1.54, 1.807) is 0 Å². The van der Waals surface area contributed by atoms with Crippen molar-refractivity contribution in [2.24, 2.45) is 0 Å². The maximum Gasteiger partial charge on any atom is 0.231 e. The molecule has 0 radical (unpaired) electrons. The van der Waals surface area contributed by atoms with E-state index in [9.17, 15) is 0 Å². The standard InChI is InChI=1S/C18H13ClN2O4/c1-9(19)18-20-12-6-16-15(24-8-25-16)5-11(12)17(21-18)10-2-3-13-14(4-10)23-7-22-13/h2-6,9H,7-8H2,1H3. The average Bonchev–Trinajstić information content (AvgIpc) is 3.26. The highest BCUT2D eigenvalue weighted by Gasteiger charge is 2.21. The highest BCUT2D eigenvalue weighted by atomic mass is 35.5. The van der Waals surface area contributed by atoms with Gasteiger partial charge in [0.05, 0.1) is 16.6 Å². The minimum absolute atomic E-state index is 0.206. The molecule has 0 spiro atoms. The van der Waals surface area contributed by atoms with Crippen LogP contribution in [0.4, 0.5) is 0 Å². The average molecular weight is 357 g/mol. The quantitative estimate of drug-likeness (QED) is 0.645. The van der Waals surface area contributed by atoms with E-state index in [4.69, 9.17) is 30.5 Å². The van der Waals surface area contributed by atoms with E-state index >= 15 is 0 Å². The second-order valence-corrected chi connectivity index (χ2v) is 6.49. The third-order valence-electron chi connectivity index (χ3n) is 4.21. The van der Waals surface area contributed by atoms with Gasteiger partial charge in [0.1, 0.15) is 5.82 Å². The number of hydrogen-bond acceptors (Lipinski definition) is 6. The third-order valence-corrected chi connectivity index (χ3v) is 4.40. The zero-order valence-corrected chi connectivity index (χ0v) is 14.0. The first kappa shape index (κ1) is 14.6. The van der Waals surface area contributed by atoms with Gasteiger partial charge < -0.3 is 18.9 Å². The number of alkyl halides is 1. The summed E-state index contributed by atoms with van der Waals surface area (Å²) in [6, 6.07) is 9.50. The van der Waals surface area contributed by atoms with Crippen molar-refractivity contribution in [3.05, 3.63) is 36.2 Å². The van der Waals surface area contributed by atoms with Crippen molar-refractivity contribution in [2.75, 3.05) is 13.6 Å². The molecule has 5 rings (SSSR count). The van der Waals surface area contributed by atoms with Gasteiger partial charge in [-0.3, -0.25) is 0 Å². The molecule has 0 fully saturated rings. The Morgan fingerprint density at radius 2 is 1.56 bits per heavy atom. The molecule has 126 valence electrons. The number of halogens is 1. The van der Waals surface area contributed by atoms with Gasteiger partial charge >= 0.3 is 0 Å². The summed E-state index contributed by atoms with van der Waals surface area (Å²) in [6.07, 6.45) is 0. The summed E-state index contributed by atoms with van der Waals surface area (Å²) in [7, 11) is 0. The van der Waals surface area contributed by atoms with Crippen LogP contribution in [-0.4, -0.2) is 23.6 Å². The van der Waals surface area contributed by atoms with Crippen LogP contribution >= 0.6 is 11.6 Å². The number of benzene rings is 2. The Hall–Kier alpha value is -2.73. The largest absolute Gasteiger partial charge is 0.454 e. The number of rotatable bonds is 2. The fourth-order valence-electron chi connectivity index (χ4n) is 2.98. The lowest BCUT2D eigenvalue weighted by Gasteiger charge is -2.11. The van der Waals surface area contributed by atoms with Crippen molar-refractivity contribution < 1.29 is 18.9 Å². The second-order valence-electron chi connectivity index (χ2n) is 5.84. The van der Waals surface area contributed by atoms with Gasteiger partial charge in [-0.15, -0.1) is 11.6 Å². The summed E-state index contributed by atoms with van der Waals surface area (Å²) < 4.78 is 21.8. The molecule has 6 nitrogen and oxygen atoms in total. The van der Waals surface area contributed by atoms with E-state index < -0.39 is 0 Å². The highest BCUT2D eigenvalue weighted by molar-refractivity contribution is 6.20. The van der Waals surface area contributed by atoms with Crippen molar-refractivity contribution in [3.8, 4) is 34.3 Å². The summed E-state index contributed by atoms with van der Waals surface area (Å²) in [6.45, 7) is 2.28. The molecule has 1 unspecified atom stereocenters. The Bertz CT molecular complexity index is 1010. The second kappa shape index (κ2) is 5.39. The summed E-state index contributed by atoms with van der Waals surface area (Å²) >= 11 is 6.25. The summed E-state index contributed by atoms with van der Waals surface area (Å²) in [5, 5.41) is 0.548. The predicted octanol–water partition coefficient (Wildman–Crippen LogP) is 4.05. The van der Waals surface area contributed by atoms with Crippen molar-refractivity contribution in [3.63, 3.8) is 0 Å². The van der Waals surface area contributed by atoms with E-state index in [1.807, 2.05) is 37.3 Å². The summed E-state index contributed by atoms with van der Waals surface area (Å²) in [4.78, 5) is 9.26. The summed E-state index contributed by atoms with van der Waals surface area (Å²) in [5.74, 6) is 3.35. The van der Waals surface area contributed by atoms with E-state index in [1.165, 1.54) is 0 Å². The maximum absolute atomic E-state index is 6.25. The molecule has 0 saturated heterocycles. The first-order chi connectivity index (χ1) is 12.2. The molecule has 1 aromatic heterocycles.